The minimum Gasteiger partial charge on any atom is -0.489 e. The van der Waals surface area contributed by atoms with Crippen molar-refractivity contribution in [1.82, 2.24) is 0 Å². The summed E-state index contributed by atoms with van der Waals surface area (Å²) in [6.07, 6.45) is 0. The van der Waals surface area contributed by atoms with Crippen LogP contribution in [0.4, 0.5) is 4.39 Å². The molecule has 0 radical (unpaired) electrons. The van der Waals surface area contributed by atoms with Crippen LogP contribution in [-0.4, -0.2) is 5.11 Å². The minimum atomic E-state index is -0.557. The average molecular weight is 292 g/mol. The van der Waals surface area contributed by atoms with E-state index in [0.29, 0.717) is 21.9 Å². The molecule has 0 spiro atoms. The Hall–Kier alpha value is -2.09. The lowest BCUT2D eigenvalue weighted by atomic mass is 10.1. The molecule has 0 aliphatic carbocycles. The van der Waals surface area contributed by atoms with Crippen LogP contribution in [0.25, 0.3) is 0 Å². The summed E-state index contributed by atoms with van der Waals surface area (Å²) in [7, 11) is 0. The summed E-state index contributed by atoms with van der Waals surface area (Å²) >= 11 is 5.83. The van der Waals surface area contributed by atoms with Crippen molar-refractivity contribution >= 4 is 11.6 Å². The van der Waals surface area contributed by atoms with Crippen molar-refractivity contribution in [3.63, 3.8) is 0 Å². The summed E-state index contributed by atoms with van der Waals surface area (Å²) in [4.78, 5) is 0. The lowest BCUT2D eigenvalue weighted by Crippen LogP contribution is -2.00. The van der Waals surface area contributed by atoms with Gasteiger partial charge in [0, 0.05) is 10.6 Å². The first-order chi connectivity index (χ1) is 9.63. The van der Waals surface area contributed by atoms with Crippen LogP contribution in [0.15, 0.2) is 36.4 Å². The highest BCUT2D eigenvalue weighted by Gasteiger charge is 2.06. The van der Waals surface area contributed by atoms with E-state index >= 15 is 0 Å². The fourth-order valence-corrected chi connectivity index (χ4v) is 1.92. The van der Waals surface area contributed by atoms with E-state index < -0.39 is 5.82 Å². The Balaban J connectivity index is 2.15. The third kappa shape index (κ3) is 3.27. The Kier molecular flexibility index (Phi) is 4.57. The largest absolute Gasteiger partial charge is 0.489 e. The Bertz CT molecular complexity index is 667. The van der Waals surface area contributed by atoms with Gasteiger partial charge in [0.05, 0.1) is 12.2 Å². The standard InChI is InChI=1S/C15H11ClFNO2/c16-13-2-4-15(12(6-13)8-19)20-9-10-1-3-14(17)11(5-10)7-18/h1-6,19H,8-9H2. The predicted molar refractivity (Wildman–Crippen MR) is 72.8 cm³/mol. The highest BCUT2D eigenvalue weighted by molar-refractivity contribution is 6.30. The Morgan fingerprint density at radius 2 is 2.05 bits per heavy atom. The van der Waals surface area contributed by atoms with Gasteiger partial charge in [0.15, 0.2) is 0 Å². The number of nitrogens with zero attached hydrogens (tertiary/aromatic N) is 1. The summed E-state index contributed by atoms with van der Waals surface area (Å²) in [5.41, 5.74) is 1.21. The number of rotatable bonds is 4. The fraction of sp³-hybridized carbons (Fsp3) is 0.133. The van der Waals surface area contributed by atoms with E-state index in [0.717, 1.165) is 0 Å². The second-order valence-corrected chi connectivity index (χ2v) is 4.56. The van der Waals surface area contributed by atoms with Gasteiger partial charge in [-0.3, -0.25) is 0 Å². The number of aliphatic hydroxyl groups excluding tert-OH is 1. The molecule has 3 nitrogen and oxygen atoms in total. The van der Waals surface area contributed by atoms with Gasteiger partial charge in [0.1, 0.15) is 24.2 Å². The van der Waals surface area contributed by atoms with Crippen LogP contribution in [0.2, 0.25) is 5.02 Å². The number of hydrogen-bond donors (Lipinski definition) is 1. The van der Waals surface area contributed by atoms with E-state index in [9.17, 15) is 9.50 Å². The van der Waals surface area contributed by atoms with Gasteiger partial charge in [-0.05, 0) is 35.9 Å². The van der Waals surface area contributed by atoms with E-state index in [1.807, 2.05) is 0 Å². The first-order valence-electron chi connectivity index (χ1n) is 5.84. The summed E-state index contributed by atoms with van der Waals surface area (Å²) in [5.74, 6) is -0.0569. The molecule has 5 heteroatoms. The fourth-order valence-electron chi connectivity index (χ4n) is 1.72. The number of ether oxygens (including phenoxy) is 1. The summed E-state index contributed by atoms with van der Waals surface area (Å²) in [6.45, 7) is -0.0215. The van der Waals surface area contributed by atoms with Crippen molar-refractivity contribution < 1.29 is 14.2 Å². The number of hydrogen-bond acceptors (Lipinski definition) is 3. The van der Waals surface area contributed by atoms with E-state index in [2.05, 4.69) is 0 Å². The first kappa shape index (κ1) is 14.3. The molecule has 102 valence electrons. The van der Waals surface area contributed by atoms with Gasteiger partial charge < -0.3 is 9.84 Å². The molecule has 0 unspecified atom stereocenters. The Labute approximate surface area is 120 Å². The quantitative estimate of drug-likeness (QED) is 0.939. The molecule has 0 atom stereocenters. The Morgan fingerprint density at radius 3 is 2.75 bits per heavy atom. The van der Waals surface area contributed by atoms with Gasteiger partial charge >= 0.3 is 0 Å². The zero-order chi connectivity index (χ0) is 14.5. The van der Waals surface area contributed by atoms with Crippen LogP contribution in [0, 0.1) is 17.1 Å². The van der Waals surface area contributed by atoms with Crippen molar-refractivity contribution in [1.29, 1.82) is 5.26 Å². The smallest absolute Gasteiger partial charge is 0.140 e. The highest BCUT2D eigenvalue weighted by atomic mass is 35.5. The number of benzene rings is 2. The van der Waals surface area contributed by atoms with Crippen molar-refractivity contribution in [3.8, 4) is 11.8 Å². The molecule has 0 aromatic heterocycles. The zero-order valence-electron chi connectivity index (χ0n) is 10.4. The van der Waals surface area contributed by atoms with E-state index in [1.54, 1.807) is 30.3 Å². The molecule has 2 aromatic rings. The molecule has 0 saturated carbocycles. The van der Waals surface area contributed by atoms with Gasteiger partial charge in [-0.25, -0.2) is 4.39 Å². The lowest BCUT2D eigenvalue weighted by molar-refractivity contribution is 0.259. The molecule has 0 aliphatic rings. The molecule has 2 rings (SSSR count). The van der Waals surface area contributed by atoms with E-state index in [4.69, 9.17) is 21.6 Å². The number of nitriles is 1. The monoisotopic (exact) mass is 291 g/mol. The molecule has 0 fully saturated rings. The minimum absolute atomic E-state index is 0.0235. The average Bonchev–Trinajstić information content (AvgIpc) is 2.47. The van der Waals surface area contributed by atoms with Crippen LogP contribution in [0.1, 0.15) is 16.7 Å². The topological polar surface area (TPSA) is 53.2 Å². The predicted octanol–water partition coefficient (Wildman–Crippen LogP) is 3.42. The molecule has 0 aliphatic heterocycles. The SMILES string of the molecule is N#Cc1cc(COc2ccc(Cl)cc2CO)ccc1F. The van der Waals surface area contributed by atoms with Crippen molar-refractivity contribution in [3.05, 3.63) is 63.9 Å². The third-order valence-electron chi connectivity index (χ3n) is 2.74. The summed E-state index contributed by atoms with van der Waals surface area (Å²) < 4.78 is 18.7. The van der Waals surface area contributed by atoms with Crippen molar-refractivity contribution in [2.45, 2.75) is 13.2 Å². The molecule has 2 aromatic carbocycles. The van der Waals surface area contributed by atoms with Gasteiger partial charge in [-0.1, -0.05) is 17.7 Å². The first-order valence-corrected chi connectivity index (χ1v) is 6.22. The second kappa shape index (κ2) is 6.38. The van der Waals surface area contributed by atoms with Crippen LogP contribution < -0.4 is 4.74 Å². The van der Waals surface area contributed by atoms with Gasteiger partial charge in [-0.2, -0.15) is 5.26 Å². The van der Waals surface area contributed by atoms with Gasteiger partial charge in [-0.15, -0.1) is 0 Å². The molecule has 20 heavy (non-hydrogen) atoms. The van der Waals surface area contributed by atoms with Gasteiger partial charge in [0.2, 0.25) is 0 Å². The normalized spacial score (nSPS) is 10.1. The summed E-state index contributed by atoms with van der Waals surface area (Å²) in [5, 5.41) is 18.5. The van der Waals surface area contributed by atoms with Gasteiger partial charge in [0.25, 0.3) is 0 Å². The molecule has 0 heterocycles. The molecule has 1 N–H and O–H groups in total. The molecule has 0 bridgehead atoms. The number of halogens is 2. The van der Waals surface area contributed by atoms with Crippen LogP contribution in [-0.2, 0) is 13.2 Å². The van der Waals surface area contributed by atoms with Crippen LogP contribution >= 0.6 is 11.6 Å². The third-order valence-corrected chi connectivity index (χ3v) is 2.97. The molecule has 0 amide bonds. The zero-order valence-corrected chi connectivity index (χ0v) is 11.2. The Morgan fingerprint density at radius 1 is 1.25 bits per heavy atom. The second-order valence-electron chi connectivity index (χ2n) is 4.12. The van der Waals surface area contributed by atoms with E-state index in [-0.39, 0.29) is 18.8 Å². The van der Waals surface area contributed by atoms with E-state index in [1.165, 1.54) is 12.1 Å². The summed E-state index contributed by atoms with van der Waals surface area (Å²) in [6, 6.07) is 10.9. The lowest BCUT2D eigenvalue weighted by Gasteiger charge is -2.10. The van der Waals surface area contributed by atoms with Crippen molar-refractivity contribution in [2.24, 2.45) is 0 Å². The van der Waals surface area contributed by atoms with Crippen LogP contribution in [0.5, 0.6) is 5.75 Å². The molecular weight excluding hydrogens is 281 g/mol. The molecular formula is C15H11ClFNO2. The maximum atomic E-state index is 13.2. The maximum Gasteiger partial charge on any atom is 0.140 e. The highest BCUT2D eigenvalue weighted by Crippen LogP contribution is 2.24. The number of aliphatic hydroxyl groups is 1. The van der Waals surface area contributed by atoms with Crippen molar-refractivity contribution in [2.75, 3.05) is 0 Å². The van der Waals surface area contributed by atoms with Crippen LogP contribution in [0.3, 0.4) is 0 Å². The maximum absolute atomic E-state index is 13.2. The molecule has 0 saturated heterocycles.